The highest BCUT2D eigenvalue weighted by Crippen LogP contribution is 2.42. The second-order valence-electron chi connectivity index (χ2n) is 3.76. The molecule has 0 bridgehead atoms. The highest BCUT2D eigenvalue weighted by Gasteiger charge is 2.41. The van der Waals surface area contributed by atoms with Gasteiger partial charge in [0.15, 0.2) is 5.06 Å². The Hall–Kier alpha value is -0.0600. The summed E-state index contributed by atoms with van der Waals surface area (Å²) in [4.78, 5) is 1.39. The molecule has 78 valence electrons. The molecule has 0 spiro atoms. The zero-order chi connectivity index (χ0) is 10.2. The summed E-state index contributed by atoms with van der Waals surface area (Å²) in [6, 6.07) is 2.17. The topological polar surface area (TPSA) is 21.3 Å². The van der Waals surface area contributed by atoms with Crippen LogP contribution in [0.4, 0.5) is 0 Å². The number of halogens is 1. The first-order valence-corrected chi connectivity index (χ1v) is 6.31. The molecule has 0 atom stereocenters. The largest absolute Gasteiger partial charge is 0.486 e. The van der Waals surface area contributed by atoms with Gasteiger partial charge in [0.05, 0.1) is 11.6 Å². The molecule has 1 aliphatic carbocycles. The van der Waals surface area contributed by atoms with E-state index in [-0.39, 0.29) is 0 Å². The van der Waals surface area contributed by atoms with Crippen molar-refractivity contribution in [3.8, 4) is 5.06 Å². The number of likely N-dealkylation sites (N-methyl/N-ethyl adjacent to an activating group) is 1. The summed E-state index contributed by atoms with van der Waals surface area (Å²) in [5.41, 5.74) is 0.384. The van der Waals surface area contributed by atoms with E-state index in [1.54, 1.807) is 18.4 Å². The Morgan fingerprint density at radius 2 is 2.36 bits per heavy atom. The van der Waals surface area contributed by atoms with Gasteiger partial charge < -0.3 is 10.1 Å². The number of ether oxygens (including phenoxy) is 1. The Balaban J connectivity index is 2.10. The Morgan fingerprint density at radius 1 is 1.64 bits per heavy atom. The van der Waals surface area contributed by atoms with Gasteiger partial charge in [-0.25, -0.2) is 0 Å². The summed E-state index contributed by atoms with van der Waals surface area (Å²) in [6.45, 7) is 0. The third-order valence-corrected chi connectivity index (χ3v) is 4.74. The first kappa shape index (κ1) is 10.5. The minimum absolute atomic E-state index is 0.384. The van der Waals surface area contributed by atoms with Crippen LogP contribution in [0.1, 0.15) is 17.7 Å². The molecule has 1 aromatic rings. The number of methoxy groups -OCH3 is 1. The van der Waals surface area contributed by atoms with Crippen LogP contribution in [0.5, 0.6) is 5.06 Å². The van der Waals surface area contributed by atoms with E-state index in [1.807, 2.05) is 7.05 Å². The van der Waals surface area contributed by atoms with Crippen LogP contribution in [0.2, 0.25) is 0 Å². The minimum atomic E-state index is 0.384. The van der Waals surface area contributed by atoms with E-state index in [9.17, 15) is 0 Å². The van der Waals surface area contributed by atoms with Crippen molar-refractivity contribution >= 4 is 27.3 Å². The zero-order valence-electron chi connectivity index (χ0n) is 8.39. The molecule has 0 aliphatic heterocycles. The molecule has 4 heteroatoms. The quantitative estimate of drug-likeness (QED) is 0.913. The highest BCUT2D eigenvalue weighted by atomic mass is 79.9. The lowest BCUT2D eigenvalue weighted by Gasteiger charge is -2.11. The number of hydrogen-bond donors (Lipinski definition) is 1. The molecule has 1 aliphatic rings. The van der Waals surface area contributed by atoms with Crippen molar-refractivity contribution in [1.82, 2.24) is 5.32 Å². The van der Waals surface area contributed by atoms with Crippen molar-refractivity contribution in [2.45, 2.75) is 24.8 Å². The molecule has 0 aromatic carbocycles. The van der Waals surface area contributed by atoms with E-state index < -0.39 is 0 Å². The molecule has 14 heavy (non-hydrogen) atoms. The fourth-order valence-corrected chi connectivity index (χ4v) is 3.46. The number of thiophene rings is 1. The van der Waals surface area contributed by atoms with Crippen molar-refractivity contribution in [2.24, 2.45) is 0 Å². The van der Waals surface area contributed by atoms with Gasteiger partial charge in [-0.05, 0) is 41.9 Å². The summed E-state index contributed by atoms with van der Waals surface area (Å²) < 4.78 is 6.32. The van der Waals surface area contributed by atoms with Gasteiger partial charge in [0, 0.05) is 16.8 Å². The van der Waals surface area contributed by atoms with E-state index in [0.29, 0.717) is 5.54 Å². The van der Waals surface area contributed by atoms with Gasteiger partial charge in [-0.1, -0.05) is 0 Å². The lowest BCUT2D eigenvalue weighted by atomic mass is 10.1. The Morgan fingerprint density at radius 3 is 2.79 bits per heavy atom. The van der Waals surface area contributed by atoms with Crippen molar-refractivity contribution in [1.29, 1.82) is 0 Å². The average Bonchev–Trinajstić information content (AvgIpc) is 2.85. The van der Waals surface area contributed by atoms with Crippen molar-refractivity contribution in [3.05, 3.63) is 15.4 Å². The van der Waals surface area contributed by atoms with E-state index in [4.69, 9.17) is 4.74 Å². The molecule has 2 nitrogen and oxygen atoms in total. The van der Waals surface area contributed by atoms with Crippen molar-refractivity contribution in [2.75, 3.05) is 14.2 Å². The maximum absolute atomic E-state index is 5.25. The summed E-state index contributed by atoms with van der Waals surface area (Å²) in [7, 11) is 3.76. The molecule has 1 saturated carbocycles. The van der Waals surface area contributed by atoms with E-state index >= 15 is 0 Å². The van der Waals surface area contributed by atoms with Crippen molar-refractivity contribution in [3.63, 3.8) is 0 Å². The molecule has 1 fully saturated rings. The fraction of sp³-hybridized carbons (Fsp3) is 0.600. The summed E-state index contributed by atoms with van der Waals surface area (Å²) in [6.07, 6.45) is 3.71. The molecule has 1 N–H and O–H groups in total. The van der Waals surface area contributed by atoms with Crippen LogP contribution in [-0.2, 0) is 6.42 Å². The van der Waals surface area contributed by atoms with E-state index in [2.05, 4.69) is 27.3 Å². The molecule has 0 saturated heterocycles. The predicted molar refractivity (Wildman–Crippen MR) is 63.3 cm³/mol. The third kappa shape index (κ3) is 1.97. The van der Waals surface area contributed by atoms with Gasteiger partial charge in [0.25, 0.3) is 0 Å². The normalized spacial score (nSPS) is 18.2. The Kier molecular flexibility index (Phi) is 2.86. The van der Waals surface area contributed by atoms with Crippen LogP contribution in [0.25, 0.3) is 0 Å². The smallest absolute Gasteiger partial charge is 0.188 e. The van der Waals surface area contributed by atoms with Crippen LogP contribution in [0.3, 0.4) is 0 Å². The summed E-state index contributed by atoms with van der Waals surface area (Å²) >= 11 is 5.22. The monoisotopic (exact) mass is 275 g/mol. The van der Waals surface area contributed by atoms with Crippen LogP contribution in [0.15, 0.2) is 10.5 Å². The first-order valence-electron chi connectivity index (χ1n) is 4.70. The Bertz CT molecular complexity index is 333. The van der Waals surface area contributed by atoms with Crippen LogP contribution < -0.4 is 10.1 Å². The first-order chi connectivity index (χ1) is 6.69. The average molecular weight is 276 g/mol. The van der Waals surface area contributed by atoms with Gasteiger partial charge in [0.2, 0.25) is 0 Å². The van der Waals surface area contributed by atoms with Gasteiger partial charge in [-0.15, -0.1) is 11.3 Å². The lowest BCUT2D eigenvalue weighted by Crippen LogP contribution is -2.29. The maximum atomic E-state index is 5.25. The molecule has 1 aromatic heterocycles. The third-order valence-electron chi connectivity index (χ3n) is 2.79. The van der Waals surface area contributed by atoms with Crippen molar-refractivity contribution < 1.29 is 4.74 Å². The van der Waals surface area contributed by atoms with Gasteiger partial charge >= 0.3 is 0 Å². The van der Waals surface area contributed by atoms with E-state index in [0.717, 1.165) is 16.0 Å². The molecule has 1 heterocycles. The molecular weight excluding hydrogens is 262 g/mol. The number of nitrogens with one attached hydrogen (secondary N) is 1. The molecule has 0 amide bonds. The molecule has 0 radical (unpaired) electrons. The summed E-state index contributed by atoms with van der Waals surface area (Å²) in [5.74, 6) is 0. The second kappa shape index (κ2) is 3.83. The predicted octanol–water partition coefficient (Wildman–Crippen LogP) is 2.81. The highest BCUT2D eigenvalue weighted by molar-refractivity contribution is 9.10. The lowest BCUT2D eigenvalue weighted by molar-refractivity contribution is 0.425. The fourth-order valence-electron chi connectivity index (χ4n) is 1.62. The molecular formula is C10H14BrNOS. The molecule has 0 unspecified atom stereocenters. The van der Waals surface area contributed by atoms with Crippen LogP contribution in [-0.4, -0.2) is 19.7 Å². The maximum Gasteiger partial charge on any atom is 0.188 e. The zero-order valence-corrected chi connectivity index (χ0v) is 10.8. The standard InChI is InChI=1S/C10H14BrNOS/c1-12-10(3-4-10)6-7-5-8(11)9(13-2)14-7/h5,12H,3-4,6H2,1-2H3. The van der Waals surface area contributed by atoms with Gasteiger partial charge in [0.1, 0.15) is 0 Å². The summed E-state index contributed by atoms with van der Waals surface area (Å²) in [5, 5.41) is 4.38. The molecule has 2 rings (SSSR count). The Labute approximate surface area is 96.8 Å². The number of rotatable bonds is 4. The second-order valence-corrected chi connectivity index (χ2v) is 5.71. The minimum Gasteiger partial charge on any atom is -0.486 e. The van der Waals surface area contributed by atoms with E-state index in [1.165, 1.54) is 17.7 Å². The SMILES string of the molecule is CNC1(Cc2cc(Br)c(OC)s2)CC1. The van der Waals surface area contributed by atoms with Crippen LogP contribution in [0, 0.1) is 0 Å². The van der Waals surface area contributed by atoms with Crippen LogP contribution >= 0.6 is 27.3 Å². The van der Waals surface area contributed by atoms with Gasteiger partial charge in [-0.3, -0.25) is 0 Å². The number of hydrogen-bond acceptors (Lipinski definition) is 3. The van der Waals surface area contributed by atoms with Gasteiger partial charge in [-0.2, -0.15) is 0 Å².